The molecule has 0 aromatic rings. The van der Waals surface area contributed by atoms with Gasteiger partial charge in [0.2, 0.25) is 0 Å². The van der Waals surface area contributed by atoms with Crippen molar-refractivity contribution in [1.29, 1.82) is 0 Å². The summed E-state index contributed by atoms with van der Waals surface area (Å²) in [6.07, 6.45) is 0. The molecule has 12 heteroatoms. The third kappa shape index (κ3) is 249. The maximum Gasteiger partial charge on any atom is 0.314 e. The van der Waals surface area contributed by atoms with Crippen LogP contribution in [0, 0.1) is 0 Å². The number of hydrogen-bond donors (Lipinski definition) is 8. The van der Waals surface area contributed by atoms with Gasteiger partial charge in [0.1, 0.15) is 0 Å². The predicted octanol–water partition coefficient (Wildman–Crippen LogP) is 1.18. The topological polar surface area (TPSA) is 163 Å². The average molecular weight is 457 g/mol. The first-order chi connectivity index (χ1) is 13.1. The summed E-state index contributed by atoms with van der Waals surface area (Å²) in [6.45, 7) is 25.6. The van der Waals surface area contributed by atoms with Gasteiger partial charge in [-0.1, -0.05) is 55.4 Å². The van der Waals surface area contributed by atoms with Crippen molar-refractivity contribution in [2.75, 3.05) is 52.4 Å². The van der Waals surface area contributed by atoms with Crippen LogP contribution in [0.25, 0.3) is 0 Å². The molecule has 0 aliphatic carbocycles. The molecule has 0 atom stereocenters. The summed E-state index contributed by atoms with van der Waals surface area (Å²) in [7, 11) is -6.26. The maximum atomic E-state index is 8.74. The molecule has 0 fully saturated rings. The van der Waals surface area contributed by atoms with Crippen LogP contribution in [0.5, 0.6) is 0 Å². The van der Waals surface area contributed by atoms with Crippen LogP contribution in [-0.2, 0) is 9.13 Å². The van der Waals surface area contributed by atoms with E-state index in [9.17, 15) is 0 Å². The van der Waals surface area contributed by atoms with E-state index in [1.165, 1.54) is 0 Å². The van der Waals surface area contributed by atoms with E-state index in [1.807, 2.05) is 0 Å². The normalized spacial score (nSPS) is 8.50. The lowest BCUT2D eigenvalue weighted by atomic mass is 10.7. The summed E-state index contributed by atoms with van der Waals surface area (Å²) >= 11 is 0. The van der Waals surface area contributed by atoms with E-state index in [0.717, 1.165) is 52.4 Å². The molecule has 0 heterocycles. The molecule has 0 amide bonds. The fourth-order valence-electron chi connectivity index (χ4n) is 1.000. The minimum absolute atomic E-state index is 1.09. The molecule has 8 N–H and O–H groups in total. The SMILES string of the molecule is CCNCC.CCNCC.CCNCC.CCNCC.O=[PH](O)O.O=[PH](O)O. The summed E-state index contributed by atoms with van der Waals surface area (Å²) in [5.41, 5.74) is 0. The molecule has 180 valence electrons. The minimum Gasteiger partial charge on any atom is -0.326 e. The van der Waals surface area contributed by atoms with Crippen molar-refractivity contribution >= 4 is 16.5 Å². The molecule has 0 aliphatic heterocycles. The highest BCUT2D eigenvalue weighted by Crippen LogP contribution is 1.98. The fraction of sp³-hybridized carbons (Fsp3) is 1.00. The van der Waals surface area contributed by atoms with Crippen LogP contribution < -0.4 is 21.3 Å². The summed E-state index contributed by atoms with van der Waals surface area (Å²) in [6, 6.07) is 0. The Balaban J connectivity index is -0.0000000520. The smallest absolute Gasteiger partial charge is 0.314 e. The van der Waals surface area contributed by atoms with Crippen molar-refractivity contribution in [2.24, 2.45) is 0 Å². The number of rotatable bonds is 8. The van der Waals surface area contributed by atoms with Gasteiger partial charge in [0.15, 0.2) is 0 Å². The van der Waals surface area contributed by atoms with E-state index < -0.39 is 16.5 Å². The summed E-state index contributed by atoms with van der Waals surface area (Å²) in [5, 5.41) is 12.4. The molecule has 0 rings (SSSR count). The molecule has 0 aliphatic rings. The van der Waals surface area contributed by atoms with Crippen LogP contribution in [0.15, 0.2) is 0 Å². The molecule has 0 radical (unpaired) electrons. The minimum atomic E-state index is -3.13. The summed E-state index contributed by atoms with van der Waals surface area (Å²) in [4.78, 5) is 28.6. The van der Waals surface area contributed by atoms with Crippen molar-refractivity contribution < 1.29 is 28.7 Å². The van der Waals surface area contributed by atoms with Gasteiger partial charge in [-0.2, -0.15) is 0 Å². The van der Waals surface area contributed by atoms with E-state index in [-0.39, 0.29) is 0 Å². The van der Waals surface area contributed by atoms with Crippen molar-refractivity contribution in [1.82, 2.24) is 21.3 Å². The molecule has 0 saturated heterocycles. The van der Waals surface area contributed by atoms with Gasteiger partial charge >= 0.3 is 16.5 Å². The zero-order chi connectivity index (χ0) is 23.6. The standard InChI is InChI=1S/4C4H11N.2H3O3P/c4*1-3-5-4-2;2*1-4(2)3/h4*5H,3-4H2,1-2H3;2*4H,(H2,1,2,3). The van der Waals surface area contributed by atoms with Crippen molar-refractivity contribution in [3.8, 4) is 0 Å². The van der Waals surface area contributed by atoms with E-state index >= 15 is 0 Å². The molecule has 0 aromatic heterocycles. The van der Waals surface area contributed by atoms with Gasteiger partial charge in [0, 0.05) is 0 Å². The van der Waals surface area contributed by atoms with Gasteiger partial charge < -0.3 is 40.8 Å². The first kappa shape index (κ1) is 42.3. The van der Waals surface area contributed by atoms with Gasteiger partial charge in [-0.25, -0.2) is 0 Å². The van der Waals surface area contributed by atoms with Gasteiger partial charge in [0.25, 0.3) is 0 Å². The molecular formula is C16H50N4O6P2. The highest BCUT2D eigenvalue weighted by Gasteiger charge is 1.64. The molecule has 0 aromatic carbocycles. The fourth-order valence-corrected chi connectivity index (χ4v) is 1.000. The largest absolute Gasteiger partial charge is 0.326 e. The second-order valence-electron chi connectivity index (χ2n) is 4.39. The Morgan fingerprint density at radius 1 is 0.429 bits per heavy atom. The van der Waals surface area contributed by atoms with Crippen molar-refractivity contribution in [2.45, 2.75) is 55.4 Å². The second-order valence-corrected chi connectivity index (χ2v) is 5.52. The van der Waals surface area contributed by atoms with E-state index in [1.54, 1.807) is 0 Å². The number of nitrogens with one attached hydrogen (secondary N) is 4. The molecular weight excluding hydrogens is 406 g/mol. The highest BCUT2D eigenvalue weighted by molar-refractivity contribution is 7.31. The Bertz CT molecular complexity index is 205. The molecule has 10 nitrogen and oxygen atoms in total. The lowest BCUT2D eigenvalue weighted by molar-refractivity contribution is 0.403. The maximum absolute atomic E-state index is 8.74. The van der Waals surface area contributed by atoms with Crippen LogP contribution in [0.3, 0.4) is 0 Å². The predicted molar refractivity (Wildman–Crippen MR) is 124 cm³/mol. The van der Waals surface area contributed by atoms with Crippen LogP contribution in [0.4, 0.5) is 0 Å². The number of hydrogen-bond acceptors (Lipinski definition) is 6. The van der Waals surface area contributed by atoms with Gasteiger partial charge in [-0.3, -0.25) is 9.13 Å². The lowest BCUT2D eigenvalue weighted by Crippen LogP contribution is -2.09. The van der Waals surface area contributed by atoms with Crippen molar-refractivity contribution in [3.63, 3.8) is 0 Å². The Labute approximate surface area is 174 Å². The quantitative estimate of drug-likeness (QED) is 0.249. The first-order valence-electron chi connectivity index (χ1n) is 9.79. The van der Waals surface area contributed by atoms with E-state index in [4.69, 9.17) is 28.7 Å². The van der Waals surface area contributed by atoms with Gasteiger partial charge in [0.05, 0.1) is 0 Å². The van der Waals surface area contributed by atoms with Gasteiger partial charge in [-0.15, -0.1) is 0 Å². The molecule has 0 bridgehead atoms. The van der Waals surface area contributed by atoms with E-state index in [2.05, 4.69) is 76.7 Å². The molecule has 28 heavy (non-hydrogen) atoms. The lowest BCUT2D eigenvalue weighted by Gasteiger charge is -1.86. The van der Waals surface area contributed by atoms with Crippen molar-refractivity contribution in [3.05, 3.63) is 0 Å². The zero-order valence-corrected chi connectivity index (χ0v) is 21.3. The summed E-state index contributed by atoms with van der Waals surface area (Å²) < 4.78 is 17.5. The monoisotopic (exact) mass is 456 g/mol. The summed E-state index contributed by atoms with van der Waals surface area (Å²) in [5.74, 6) is 0. The zero-order valence-electron chi connectivity index (χ0n) is 19.3. The Morgan fingerprint density at radius 2 is 0.500 bits per heavy atom. The second kappa shape index (κ2) is 56.4. The first-order valence-corrected chi connectivity index (χ1v) is 12.4. The molecule has 0 saturated carbocycles. The third-order valence-electron chi connectivity index (χ3n) is 2.00. The third-order valence-corrected chi connectivity index (χ3v) is 2.00. The molecule has 0 spiro atoms. The van der Waals surface area contributed by atoms with E-state index in [0.29, 0.717) is 0 Å². The molecule has 0 unspecified atom stereocenters. The van der Waals surface area contributed by atoms with Crippen LogP contribution in [-0.4, -0.2) is 71.9 Å². The highest BCUT2D eigenvalue weighted by atomic mass is 31.1. The van der Waals surface area contributed by atoms with Gasteiger partial charge in [-0.05, 0) is 52.4 Å². The Morgan fingerprint density at radius 3 is 0.500 bits per heavy atom. The van der Waals surface area contributed by atoms with Crippen LogP contribution in [0.1, 0.15) is 55.4 Å². The Kier molecular flexibility index (Phi) is 85.1. The van der Waals surface area contributed by atoms with Crippen LogP contribution in [0.2, 0.25) is 0 Å². The Hall–Kier alpha value is 0.140. The average Bonchev–Trinajstić information content (AvgIpc) is 2.58. The van der Waals surface area contributed by atoms with Crippen LogP contribution >= 0.6 is 16.5 Å².